The Morgan fingerprint density at radius 1 is 1.19 bits per heavy atom. The zero-order valence-electron chi connectivity index (χ0n) is 14.9. The van der Waals surface area contributed by atoms with Crippen molar-refractivity contribution in [2.75, 3.05) is 18.4 Å². The zero-order valence-corrected chi connectivity index (χ0v) is 14.9. The highest BCUT2D eigenvalue weighted by molar-refractivity contribution is 5.51. The van der Waals surface area contributed by atoms with Gasteiger partial charge in [0, 0.05) is 42.8 Å². The summed E-state index contributed by atoms with van der Waals surface area (Å²) in [7, 11) is 0. The third-order valence-corrected chi connectivity index (χ3v) is 4.59. The molecule has 4 rings (SSSR count). The van der Waals surface area contributed by atoms with E-state index >= 15 is 0 Å². The van der Waals surface area contributed by atoms with Gasteiger partial charge in [-0.25, -0.2) is 19.9 Å². The smallest absolute Gasteiger partial charge is 0.135 e. The minimum atomic E-state index is 0.336. The Morgan fingerprint density at radius 2 is 2.15 bits per heavy atom. The molecule has 7 heteroatoms. The number of hydrogen-bond donors (Lipinski definition) is 2. The number of aromatic amines is 1. The van der Waals surface area contributed by atoms with Crippen molar-refractivity contribution in [3.05, 3.63) is 60.2 Å². The lowest BCUT2D eigenvalue weighted by molar-refractivity contribution is 0.192. The second-order valence-corrected chi connectivity index (χ2v) is 6.70. The molecule has 0 saturated carbocycles. The molecule has 1 saturated heterocycles. The minimum absolute atomic E-state index is 0.336. The first-order valence-corrected chi connectivity index (χ1v) is 9.00. The van der Waals surface area contributed by atoms with Gasteiger partial charge in [0.25, 0.3) is 0 Å². The molecule has 0 radical (unpaired) electrons. The van der Waals surface area contributed by atoms with Crippen LogP contribution in [0.5, 0.6) is 0 Å². The summed E-state index contributed by atoms with van der Waals surface area (Å²) in [6.45, 7) is 4.89. The molecule has 0 amide bonds. The second kappa shape index (κ2) is 7.61. The van der Waals surface area contributed by atoms with Crippen LogP contribution in [-0.4, -0.2) is 42.9 Å². The van der Waals surface area contributed by atoms with Gasteiger partial charge >= 0.3 is 0 Å². The van der Waals surface area contributed by atoms with Gasteiger partial charge in [0.15, 0.2) is 0 Å². The number of aryl methyl sites for hydroxylation is 1. The predicted octanol–water partition coefficient (Wildman–Crippen LogP) is 3.03. The summed E-state index contributed by atoms with van der Waals surface area (Å²) in [5, 5.41) is 3.28. The first kappa shape index (κ1) is 16.7. The summed E-state index contributed by atoms with van der Waals surface area (Å²) < 4.78 is 0. The zero-order chi connectivity index (χ0) is 17.8. The van der Waals surface area contributed by atoms with E-state index in [-0.39, 0.29) is 0 Å². The summed E-state index contributed by atoms with van der Waals surface area (Å²) in [5.41, 5.74) is 0.969. The summed E-state index contributed by atoms with van der Waals surface area (Å²) in [4.78, 5) is 23.7. The average molecular weight is 349 g/mol. The Bertz CT molecular complexity index is 832. The van der Waals surface area contributed by atoms with Crippen LogP contribution in [0.2, 0.25) is 0 Å². The second-order valence-electron chi connectivity index (χ2n) is 6.70. The fraction of sp³-hybridized carbons (Fsp3) is 0.368. The van der Waals surface area contributed by atoms with Crippen LogP contribution in [0.25, 0.3) is 0 Å². The van der Waals surface area contributed by atoms with Gasteiger partial charge in [-0.15, -0.1) is 0 Å². The number of H-pyrrole nitrogens is 1. The normalized spacial score (nSPS) is 18.0. The lowest BCUT2D eigenvalue weighted by atomic mass is 9.97. The summed E-state index contributed by atoms with van der Waals surface area (Å²) in [5.74, 6) is 3.85. The van der Waals surface area contributed by atoms with Crippen LogP contribution >= 0.6 is 0 Å². The van der Waals surface area contributed by atoms with Crippen LogP contribution in [0.3, 0.4) is 0 Å². The number of aromatic nitrogens is 5. The van der Waals surface area contributed by atoms with E-state index in [0.29, 0.717) is 5.92 Å². The molecule has 0 aromatic carbocycles. The van der Waals surface area contributed by atoms with E-state index in [2.05, 4.69) is 25.2 Å². The topological polar surface area (TPSA) is 82.6 Å². The van der Waals surface area contributed by atoms with Crippen LogP contribution in [0.4, 0.5) is 11.6 Å². The largest absolute Gasteiger partial charge is 0.348 e. The Hall–Kier alpha value is -2.80. The van der Waals surface area contributed by atoms with E-state index in [1.54, 1.807) is 12.4 Å². The molecule has 0 bridgehead atoms. The molecular weight excluding hydrogens is 326 g/mol. The molecule has 3 aromatic heterocycles. The number of pyridine rings is 1. The van der Waals surface area contributed by atoms with Gasteiger partial charge in [-0.3, -0.25) is 4.90 Å². The Morgan fingerprint density at radius 3 is 2.96 bits per heavy atom. The van der Waals surface area contributed by atoms with Gasteiger partial charge in [0.2, 0.25) is 0 Å². The van der Waals surface area contributed by atoms with Gasteiger partial charge in [-0.2, -0.15) is 0 Å². The van der Waals surface area contributed by atoms with Crippen molar-refractivity contribution < 1.29 is 0 Å². The van der Waals surface area contributed by atoms with Crippen molar-refractivity contribution in [3.8, 4) is 0 Å². The summed E-state index contributed by atoms with van der Waals surface area (Å²) >= 11 is 0. The molecule has 26 heavy (non-hydrogen) atoms. The molecule has 0 unspecified atom stereocenters. The molecule has 1 fully saturated rings. The maximum Gasteiger partial charge on any atom is 0.135 e. The van der Waals surface area contributed by atoms with Crippen LogP contribution in [0.1, 0.15) is 36.1 Å². The van der Waals surface area contributed by atoms with E-state index in [1.165, 1.54) is 0 Å². The van der Waals surface area contributed by atoms with E-state index in [9.17, 15) is 0 Å². The maximum absolute atomic E-state index is 4.77. The molecule has 1 aliphatic heterocycles. The van der Waals surface area contributed by atoms with Crippen molar-refractivity contribution in [1.29, 1.82) is 0 Å². The molecule has 7 nitrogen and oxygen atoms in total. The molecule has 0 spiro atoms. The number of anilines is 2. The highest BCUT2D eigenvalue weighted by Crippen LogP contribution is 2.26. The number of imidazole rings is 1. The van der Waals surface area contributed by atoms with Gasteiger partial charge < -0.3 is 10.3 Å². The number of piperidine rings is 1. The van der Waals surface area contributed by atoms with Crippen LogP contribution in [0, 0.1) is 6.92 Å². The molecule has 2 N–H and O–H groups in total. The fourth-order valence-electron chi connectivity index (χ4n) is 3.41. The van der Waals surface area contributed by atoms with E-state index in [0.717, 1.165) is 61.5 Å². The molecule has 134 valence electrons. The third kappa shape index (κ3) is 4.05. The van der Waals surface area contributed by atoms with Gasteiger partial charge in [0.1, 0.15) is 23.3 Å². The molecule has 4 heterocycles. The van der Waals surface area contributed by atoms with E-state index in [4.69, 9.17) is 9.97 Å². The fourth-order valence-corrected chi connectivity index (χ4v) is 3.41. The number of nitrogens with one attached hydrogen (secondary N) is 2. The number of rotatable bonds is 5. The SMILES string of the molecule is Cc1cc(Nc2ccccn2)nc([C@@H]2CCCN(Cc3ncc[nH]3)C2)n1. The number of hydrogen-bond acceptors (Lipinski definition) is 6. The lowest BCUT2D eigenvalue weighted by Crippen LogP contribution is -2.35. The Balaban J connectivity index is 1.49. The first-order valence-electron chi connectivity index (χ1n) is 9.00. The number of likely N-dealkylation sites (tertiary alicyclic amines) is 1. The van der Waals surface area contributed by atoms with Crippen molar-refractivity contribution in [1.82, 2.24) is 29.8 Å². The average Bonchev–Trinajstić information content (AvgIpc) is 3.15. The van der Waals surface area contributed by atoms with Crippen LogP contribution < -0.4 is 5.32 Å². The predicted molar refractivity (Wildman–Crippen MR) is 100 cm³/mol. The molecular formula is C19H23N7. The van der Waals surface area contributed by atoms with E-state index < -0.39 is 0 Å². The Labute approximate surface area is 152 Å². The van der Waals surface area contributed by atoms with Crippen molar-refractivity contribution in [2.24, 2.45) is 0 Å². The number of nitrogens with zero attached hydrogens (tertiary/aromatic N) is 5. The highest BCUT2D eigenvalue weighted by atomic mass is 15.2. The standard InChI is InChI=1S/C19H23N7/c1-14-11-17(24-16-6-2-3-7-20-16)25-19(23-14)15-5-4-10-26(12-15)13-18-21-8-9-22-18/h2-3,6-9,11,15H,4-5,10,12-13H2,1H3,(H,21,22)(H,20,23,24,25)/t15-/m1/s1. The van der Waals surface area contributed by atoms with Crippen molar-refractivity contribution >= 4 is 11.6 Å². The Kier molecular flexibility index (Phi) is 4.88. The lowest BCUT2D eigenvalue weighted by Gasteiger charge is -2.31. The first-order chi connectivity index (χ1) is 12.8. The monoisotopic (exact) mass is 349 g/mol. The minimum Gasteiger partial charge on any atom is -0.348 e. The van der Waals surface area contributed by atoms with Crippen molar-refractivity contribution in [2.45, 2.75) is 32.2 Å². The summed E-state index contributed by atoms with van der Waals surface area (Å²) in [6, 6.07) is 7.75. The van der Waals surface area contributed by atoms with Gasteiger partial charge in [-0.05, 0) is 38.4 Å². The molecule has 0 aliphatic carbocycles. The molecule has 1 aliphatic rings. The molecule has 3 aromatic rings. The quantitative estimate of drug-likeness (QED) is 0.737. The van der Waals surface area contributed by atoms with Crippen LogP contribution in [-0.2, 0) is 6.54 Å². The highest BCUT2D eigenvalue weighted by Gasteiger charge is 2.24. The van der Waals surface area contributed by atoms with Gasteiger partial charge in [-0.1, -0.05) is 6.07 Å². The van der Waals surface area contributed by atoms with E-state index in [1.807, 2.05) is 37.4 Å². The summed E-state index contributed by atoms with van der Waals surface area (Å²) in [6.07, 6.45) is 7.70. The van der Waals surface area contributed by atoms with Crippen LogP contribution in [0.15, 0.2) is 42.9 Å². The van der Waals surface area contributed by atoms with Gasteiger partial charge in [0.05, 0.1) is 6.54 Å². The third-order valence-electron chi connectivity index (χ3n) is 4.59. The van der Waals surface area contributed by atoms with Crippen molar-refractivity contribution in [3.63, 3.8) is 0 Å². The molecule has 1 atom stereocenters. The maximum atomic E-state index is 4.77.